The van der Waals surface area contributed by atoms with Gasteiger partial charge in [-0.1, -0.05) is 17.7 Å². The first-order chi connectivity index (χ1) is 17.0. The van der Waals surface area contributed by atoms with Gasteiger partial charge >= 0.3 is 0 Å². The van der Waals surface area contributed by atoms with Gasteiger partial charge in [0.05, 0.1) is 50.8 Å². The van der Waals surface area contributed by atoms with Crippen molar-refractivity contribution in [3.8, 4) is 0 Å². The average Bonchev–Trinajstić information content (AvgIpc) is 3.48. The molecule has 9 nitrogen and oxygen atoms in total. The molecule has 0 saturated heterocycles. The van der Waals surface area contributed by atoms with Gasteiger partial charge in [0.15, 0.2) is 5.78 Å². The van der Waals surface area contributed by atoms with E-state index in [2.05, 4.69) is 25.7 Å². The number of anilines is 2. The smallest absolute Gasteiger partial charge is 0.252 e. The van der Waals surface area contributed by atoms with Gasteiger partial charge in [-0.25, -0.2) is 4.98 Å². The van der Waals surface area contributed by atoms with Crippen LogP contribution in [-0.4, -0.2) is 50.6 Å². The predicted molar refractivity (Wildman–Crippen MR) is 125 cm³/mol. The van der Waals surface area contributed by atoms with E-state index in [-0.39, 0.29) is 10.8 Å². The molecule has 0 fully saturated rings. The molecule has 5 rings (SSSR count). The van der Waals surface area contributed by atoms with Crippen molar-refractivity contribution >= 4 is 45.7 Å². The van der Waals surface area contributed by atoms with Gasteiger partial charge in [-0.2, -0.15) is 5.10 Å². The summed E-state index contributed by atoms with van der Waals surface area (Å²) in [7, 11) is -2.67. The number of rotatable bonds is 6. The fraction of sp³-hybridized carbons (Fsp3) is 0.217. The molecule has 0 radical (unpaired) electrons. The monoisotopic (exact) mass is 467 g/mol. The van der Waals surface area contributed by atoms with Crippen LogP contribution in [0, 0.1) is 0 Å². The maximum absolute atomic E-state index is 13.6. The number of amides is 1. The Bertz CT molecular complexity index is 1480. The van der Waals surface area contributed by atoms with Crippen LogP contribution in [0.3, 0.4) is 0 Å². The van der Waals surface area contributed by atoms with E-state index in [9.17, 15) is 9.59 Å². The highest BCUT2D eigenvalue weighted by molar-refractivity contribution is 6.36. The second kappa shape index (κ2) is 8.02. The maximum Gasteiger partial charge on any atom is 0.252 e. The number of aromatic amines is 1. The number of ketones is 1. The predicted octanol–water partition coefficient (Wildman–Crippen LogP) is 3.46. The number of halogens is 1. The highest BCUT2D eigenvalue weighted by Crippen LogP contribution is 2.39. The van der Waals surface area contributed by atoms with Gasteiger partial charge in [-0.15, -0.1) is 0 Å². The van der Waals surface area contributed by atoms with Gasteiger partial charge < -0.3 is 20.4 Å². The summed E-state index contributed by atoms with van der Waals surface area (Å²) < 4.78 is 28.6. The molecule has 1 aliphatic heterocycles. The average molecular weight is 468 g/mol. The van der Waals surface area contributed by atoms with Crippen molar-refractivity contribution in [3.05, 3.63) is 70.8 Å². The molecular formula is C23H21ClN6O3. The lowest BCUT2D eigenvalue weighted by Gasteiger charge is -2.35. The lowest BCUT2D eigenvalue weighted by Crippen LogP contribution is -2.53. The zero-order chi connectivity index (χ0) is 25.7. The Kier molecular flexibility index (Phi) is 4.33. The first-order valence-corrected chi connectivity index (χ1v) is 10.5. The zero-order valence-electron chi connectivity index (χ0n) is 20.5. The number of benzene rings is 1. The Hall–Kier alpha value is -3.69. The van der Waals surface area contributed by atoms with Crippen LogP contribution >= 0.6 is 11.6 Å². The minimum atomic E-state index is -2.67. The molecule has 0 saturated carbocycles. The standard InChI is InChI=1S/C23H21ClN6O3/c1-23(12-33-2)22(32)28-17-10-26-21-18(19(17)29-23)15(9-25-21)20(31)14-5-4-13(8-16(14)24)11-30-7-3-6-27-30/h3-10,29H,11-12H2,1-2H3,(H,25,26)(H,28,32)/t23-/m0/s1/i2D3. The van der Waals surface area contributed by atoms with Crippen LogP contribution in [0.15, 0.2) is 49.1 Å². The van der Waals surface area contributed by atoms with Gasteiger partial charge in [-0.05, 0) is 30.7 Å². The maximum atomic E-state index is 13.6. The molecule has 4 aromatic rings. The van der Waals surface area contributed by atoms with Gasteiger partial charge in [0.1, 0.15) is 11.2 Å². The molecule has 1 atom stereocenters. The molecule has 1 aliphatic rings. The first-order valence-electron chi connectivity index (χ1n) is 11.6. The Balaban J connectivity index is 1.50. The van der Waals surface area contributed by atoms with E-state index < -0.39 is 25.1 Å². The second-order valence-corrected chi connectivity index (χ2v) is 8.43. The van der Waals surface area contributed by atoms with E-state index in [0.717, 1.165) is 5.56 Å². The number of fused-ring (bicyclic) bond motifs is 3. The summed E-state index contributed by atoms with van der Waals surface area (Å²) in [5.74, 6) is -0.828. The number of hydrogen-bond donors (Lipinski definition) is 3. The minimum Gasteiger partial charge on any atom is -0.382 e. The van der Waals surface area contributed by atoms with Crippen molar-refractivity contribution in [1.82, 2.24) is 19.7 Å². The minimum absolute atomic E-state index is 0.286. The molecule has 3 N–H and O–H groups in total. The van der Waals surface area contributed by atoms with Crippen LogP contribution in [0.2, 0.25) is 5.02 Å². The van der Waals surface area contributed by atoms with Gasteiger partial charge in [0.25, 0.3) is 5.91 Å². The normalized spacial score (nSPS) is 19.2. The zero-order valence-corrected chi connectivity index (χ0v) is 18.2. The van der Waals surface area contributed by atoms with Crippen molar-refractivity contribution in [2.75, 3.05) is 24.3 Å². The van der Waals surface area contributed by atoms with E-state index in [1.165, 1.54) is 19.3 Å². The number of hydrogen-bond acceptors (Lipinski definition) is 6. The number of carbonyl (C=O) groups is 2. The lowest BCUT2D eigenvalue weighted by atomic mass is 9.96. The number of aromatic nitrogens is 4. The third-order valence-electron chi connectivity index (χ3n) is 5.64. The Labute approximate surface area is 198 Å². The molecule has 0 aliphatic carbocycles. The number of nitrogens with one attached hydrogen (secondary N) is 3. The van der Waals surface area contributed by atoms with E-state index in [0.29, 0.717) is 40.1 Å². The van der Waals surface area contributed by atoms with Crippen molar-refractivity contribution < 1.29 is 18.4 Å². The number of ether oxygens (including phenoxy) is 1. The van der Waals surface area contributed by atoms with Gasteiger partial charge in [0.2, 0.25) is 0 Å². The molecule has 4 heterocycles. The van der Waals surface area contributed by atoms with Crippen LogP contribution in [0.4, 0.5) is 11.4 Å². The molecule has 0 unspecified atom stereocenters. The summed E-state index contributed by atoms with van der Waals surface area (Å²) in [6.45, 7) is 1.61. The molecular weight excluding hydrogens is 444 g/mol. The number of H-pyrrole nitrogens is 1. The fourth-order valence-electron chi connectivity index (χ4n) is 3.91. The molecule has 10 heteroatoms. The highest BCUT2D eigenvalue weighted by atomic mass is 35.5. The largest absolute Gasteiger partial charge is 0.382 e. The quantitative estimate of drug-likeness (QED) is 0.374. The van der Waals surface area contributed by atoms with Crippen molar-refractivity contribution in [1.29, 1.82) is 0 Å². The summed E-state index contributed by atoms with van der Waals surface area (Å²) in [4.78, 5) is 33.6. The van der Waals surface area contributed by atoms with E-state index in [4.69, 9.17) is 20.5 Å². The van der Waals surface area contributed by atoms with Crippen LogP contribution < -0.4 is 10.6 Å². The summed E-state index contributed by atoms with van der Waals surface area (Å²) >= 11 is 6.51. The van der Waals surface area contributed by atoms with E-state index in [1.54, 1.807) is 23.0 Å². The van der Waals surface area contributed by atoms with Crippen LogP contribution in [-0.2, 0) is 16.1 Å². The van der Waals surface area contributed by atoms with Crippen molar-refractivity contribution in [2.24, 2.45) is 0 Å². The summed E-state index contributed by atoms with van der Waals surface area (Å²) in [5.41, 5.74) is 1.25. The van der Waals surface area contributed by atoms with E-state index in [1.807, 2.05) is 18.3 Å². The number of nitrogens with zero attached hydrogens (tertiary/aromatic N) is 3. The first kappa shape index (κ1) is 17.8. The summed E-state index contributed by atoms with van der Waals surface area (Å²) in [5, 5.41) is 10.7. The summed E-state index contributed by atoms with van der Waals surface area (Å²) in [6.07, 6.45) is 6.50. The molecule has 1 aromatic carbocycles. The third-order valence-corrected chi connectivity index (χ3v) is 5.95. The van der Waals surface area contributed by atoms with E-state index >= 15 is 0 Å². The fourth-order valence-corrected chi connectivity index (χ4v) is 4.19. The SMILES string of the molecule is [2H]C([2H])([2H])OC[C@]1(C)Nc2c(cnc3[nH]cc(C(=O)c4ccc(Cn5cccn5)cc4Cl)c23)NC1=O. The molecule has 0 bridgehead atoms. The molecule has 1 amide bonds. The Morgan fingerprint density at radius 3 is 3.00 bits per heavy atom. The Morgan fingerprint density at radius 1 is 1.36 bits per heavy atom. The lowest BCUT2D eigenvalue weighted by molar-refractivity contribution is -0.121. The van der Waals surface area contributed by atoms with Crippen molar-refractivity contribution in [3.63, 3.8) is 0 Å². The van der Waals surface area contributed by atoms with Crippen LogP contribution in [0.5, 0.6) is 0 Å². The highest BCUT2D eigenvalue weighted by Gasteiger charge is 2.39. The summed E-state index contributed by atoms with van der Waals surface area (Å²) in [6, 6.07) is 7.02. The second-order valence-electron chi connectivity index (χ2n) is 8.02. The number of methoxy groups -OCH3 is 1. The topological polar surface area (TPSA) is 114 Å². The van der Waals surface area contributed by atoms with Crippen LogP contribution in [0.25, 0.3) is 11.0 Å². The van der Waals surface area contributed by atoms with Gasteiger partial charge in [-0.3, -0.25) is 14.3 Å². The molecule has 3 aromatic heterocycles. The van der Waals surface area contributed by atoms with Crippen molar-refractivity contribution in [2.45, 2.75) is 19.0 Å². The molecule has 0 spiro atoms. The number of carbonyl (C=O) groups excluding carboxylic acids is 2. The van der Waals surface area contributed by atoms with Crippen LogP contribution in [0.1, 0.15) is 32.5 Å². The molecule has 168 valence electrons. The molecule has 33 heavy (non-hydrogen) atoms. The number of pyridine rings is 1. The third kappa shape index (κ3) is 3.65. The van der Waals surface area contributed by atoms with Gasteiger partial charge in [0, 0.05) is 31.2 Å². The Morgan fingerprint density at radius 2 is 2.24 bits per heavy atom.